The Hall–Kier alpha value is -9.36. The Bertz CT molecular complexity index is 3810. The van der Waals surface area contributed by atoms with Gasteiger partial charge in [0.2, 0.25) is 0 Å². The van der Waals surface area contributed by atoms with Gasteiger partial charge in [0.25, 0.3) is 0 Å². The molecule has 0 amide bonds. The number of hydrogen-bond acceptors (Lipinski definition) is 0. The maximum Gasteiger partial charge on any atom is -0.00268 e. The van der Waals surface area contributed by atoms with Crippen LogP contribution >= 0.6 is 0 Å². The van der Waals surface area contributed by atoms with Gasteiger partial charge in [0.05, 0.1) is 0 Å². The molecule has 0 radical (unpaired) electrons. The van der Waals surface area contributed by atoms with Gasteiger partial charge in [-0.25, -0.2) is 0 Å². The molecule has 0 N–H and O–H groups in total. The summed E-state index contributed by atoms with van der Waals surface area (Å²) in [6.07, 6.45) is 0. The van der Waals surface area contributed by atoms with E-state index in [1.54, 1.807) is 0 Å². The highest BCUT2D eigenvalue weighted by Crippen LogP contribution is 2.36. The van der Waals surface area contributed by atoms with Crippen LogP contribution in [0.15, 0.2) is 291 Å². The first-order chi connectivity index (χ1) is 35.7. The Morgan fingerprint density at radius 3 is 0.342 bits per heavy atom. The Balaban J connectivity index is 0.000000122. The zero-order valence-corrected chi connectivity index (χ0v) is 39.7. The molecule has 0 unspecified atom stereocenters. The molecule has 16 rings (SSSR count). The normalized spacial score (nSPS) is 10.7. The van der Waals surface area contributed by atoms with Crippen molar-refractivity contribution in [3.63, 3.8) is 0 Å². The summed E-state index contributed by atoms with van der Waals surface area (Å²) in [5, 5.41) is 31.9. The first-order valence-electron chi connectivity index (χ1n) is 24.9. The smallest absolute Gasteiger partial charge is 0.00268 e. The lowest BCUT2D eigenvalue weighted by Gasteiger charge is -2.07. The third-order valence-corrected chi connectivity index (χ3v) is 14.5. The lowest BCUT2D eigenvalue weighted by Crippen LogP contribution is -1.80. The van der Waals surface area contributed by atoms with Gasteiger partial charge in [-0.15, -0.1) is 0 Å². The Morgan fingerprint density at radius 1 is 0.105 bits per heavy atom. The average molecular weight is 977 g/mol. The lowest BCUT2D eigenvalue weighted by molar-refractivity contribution is 1.77. The van der Waals surface area contributed by atoms with Crippen molar-refractivity contribution in [3.8, 4) is 0 Å². The minimum absolute atomic E-state index is 0. The zero-order valence-electron chi connectivity index (χ0n) is 39.7. The first-order valence-corrected chi connectivity index (χ1v) is 24.9. The van der Waals surface area contributed by atoms with Crippen LogP contribution in [0.2, 0.25) is 0 Å². The van der Waals surface area contributed by atoms with Gasteiger partial charge in [-0.05, 0) is 129 Å². The van der Waals surface area contributed by atoms with Crippen LogP contribution in [0.25, 0.3) is 129 Å². The van der Waals surface area contributed by atoms with E-state index in [4.69, 9.17) is 0 Å². The van der Waals surface area contributed by atoms with Crippen molar-refractivity contribution in [2.75, 3.05) is 0 Å². The highest BCUT2D eigenvalue weighted by atomic mass is 14.1. The van der Waals surface area contributed by atoms with Gasteiger partial charge in [-0.1, -0.05) is 321 Å². The van der Waals surface area contributed by atoms with E-state index in [0.29, 0.717) is 0 Å². The van der Waals surface area contributed by atoms with Gasteiger partial charge in [-0.3, -0.25) is 0 Å². The zero-order chi connectivity index (χ0) is 47.8. The Kier molecular flexibility index (Phi) is 15.2. The number of hydrogen-bond donors (Lipinski definition) is 0. The molecule has 0 aliphatic heterocycles. The summed E-state index contributed by atoms with van der Waals surface area (Å²) in [5.41, 5.74) is 0. The van der Waals surface area contributed by atoms with Gasteiger partial charge in [-0.2, -0.15) is 0 Å². The molecular weight excluding hydrogens is 913 g/mol. The summed E-state index contributed by atoms with van der Waals surface area (Å²) in [6, 6.07) is 104. The SMILES string of the molecule is C.C.C.C.c1ccc2c(c1)ccc1ccc3ccccc3c12.c1ccc2c(c1)ccc1ccc3ccccc3c12.c1ccc2c(c1)ccc1ccc3ccccc3c12.c1ccc2c(c1)ccc1ccc3ccccc3c12. The van der Waals surface area contributed by atoms with Gasteiger partial charge in [0.1, 0.15) is 0 Å². The van der Waals surface area contributed by atoms with Crippen molar-refractivity contribution >= 4 is 129 Å². The van der Waals surface area contributed by atoms with E-state index in [2.05, 4.69) is 291 Å². The molecule has 16 aromatic rings. The third-order valence-electron chi connectivity index (χ3n) is 14.5. The Morgan fingerprint density at radius 2 is 0.211 bits per heavy atom. The van der Waals surface area contributed by atoms with E-state index in [1.165, 1.54) is 129 Å². The van der Waals surface area contributed by atoms with E-state index >= 15 is 0 Å². The van der Waals surface area contributed by atoms with Crippen LogP contribution in [0.3, 0.4) is 0 Å². The van der Waals surface area contributed by atoms with E-state index in [0.717, 1.165) is 0 Å². The van der Waals surface area contributed by atoms with Gasteiger partial charge < -0.3 is 0 Å². The molecule has 368 valence electrons. The fourth-order valence-corrected chi connectivity index (χ4v) is 11.1. The monoisotopic (exact) mass is 977 g/mol. The van der Waals surface area contributed by atoms with Crippen LogP contribution in [-0.2, 0) is 0 Å². The van der Waals surface area contributed by atoms with Crippen LogP contribution in [0, 0.1) is 0 Å². The fourth-order valence-electron chi connectivity index (χ4n) is 11.1. The third kappa shape index (κ3) is 9.43. The summed E-state index contributed by atoms with van der Waals surface area (Å²) in [6.45, 7) is 0. The predicted molar refractivity (Wildman–Crippen MR) is 343 cm³/mol. The van der Waals surface area contributed by atoms with E-state index < -0.39 is 0 Å². The number of fused-ring (bicyclic) bond motifs is 20. The molecule has 0 bridgehead atoms. The summed E-state index contributed by atoms with van der Waals surface area (Å²) in [7, 11) is 0. The minimum atomic E-state index is 0. The molecular formula is C76H64. The largest absolute Gasteiger partial charge is 0.0776 e. The fraction of sp³-hybridized carbons (Fsp3) is 0.0526. The quantitative estimate of drug-likeness (QED) is 0.133. The first kappa shape index (κ1) is 51.5. The number of benzene rings is 16. The molecule has 0 fully saturated rings. The van der Waals surface area contributed by atoms with Gasteiger partial charge in [0, 0.05) is 0 Å². The molecule has 0 spiro atoms. The average Bonchev–Trinajstić information content (AvgIpc) is 3.47. The van der Waals surface area contributed by atoms with Gasteiger partial charge in [0.15, 0.2) is 0 Å². The second-order valence-corrected chi connectivity index (χ2v) is 18.7. The second kappa shape index (κ2) is 22.4. The molecule has 0 aliphatic rings. The van der Waals surface area contributed by atoms with Crippen LogP contribution in [-0.4, -0.2) is 0 Å². The van der Waals surface area contributed by atoms with Crippen LogP contribution in [0.1, 0.15) is 29.7 Å². The van der Waals surface area contributed by atoms with Crippen molar-refractivity contribution in [1.82, 2.24) is 0 Å². The van der Waals surface area contributed by atoms with E-state index in [9.17, 15) is 0 Å². The molecule has 0 saturated carbocycles. The molecule has 0 nitrogen and oxygen atoms in total. The standard InChI is InChI=1S/4C18H12.4CH4/c4*1-3-7-16-13(5-1)9-11-15-12-10-14-6-2-4-8-17(14)18(15)16;;;;/h4*1-12H;4*1H4. The summed E-state index contributed by atoms with van der Waals surface area (Å²) < 4.78 is 0. The summed E-state index contributed by atoms with van der Waals surface area (Å²) in [5.74, 6) is 0. The molecule has 0 heteroatoms. The van der Waals surface area contributed by atoms with E-state index in [-0.39, 0.29) is 29.7 Å². The van der Waals surface area contributed by atoms with Gasteiger partial charge >= 0.3 is 0 Å². The summed E-state index contributed by atoms with van der Waals surface area (Å²) in [4.78, 5) is 0. The van der Waals surface area contributed by atoms with Crippen molar-refractivity contribution in [1.29, 1.82) is 0 Å². The summed E-state index contributed by atoms with van der Waals surface area (Å²) >= 11 is 0. The molecule has 0 atom stereocenters. The van der Waals surface area contributed by atoms with Crippen molar-refractivity contribution in [2.24, 2.45) is 0 Å². The molecule has 0 aromatic heterocycles. The minimum Gasteiger partial charge on any atom is -0.0776 e. The highest BCUT2D eigenvalue weighted by molar-refractivity contribution is 6.23. The van der Waals surface area contributed by atoms with Crippen LogP contribution in [0.4, 0.5) is 0 Å². The molecule has 0 aliphatic carbocycles. The topological polar surface area (TPSA) is 0 Å². The van der Waals surface area contributed by atoms with Crippen molar-refractivity contribution in [3.05, 3.63) is 291 Å². The van der Waals surface area contributed by atoms with E-state index in [1.807, 2.05) is 0 Å². The maximum atomic E-state index is 2.21. The maximum absolute atomic E-state index is 2.21. The molecule has 0 heterocycles. The number of rotatable bonds is 0. The molecule has 16 aromatic carbocycles. The van der Waals surface area contributed by atoms with Crippen molar-refractivity contribution in [2.45, 2.75) is 29.7 Å². The predicted octanol–water partition coefficient (Wildman–Crippen LogP) is 23.1. The second-order valence-electron chi connectivity index (χ2n) is 18.7. The molecule has 0 saturated heterocycles. The van der Waals surface area contributed by atoms with Crippen LogP contribution < -0.4 is 0 Å². The highest BCUT2D eigenvalue weighted by Gasteiger charge is 2.08. The van der Waals surface area contributed by atoms with Crippen LogP contribution in [0.5, 0.6) is 0 Å². The lowest BCUT2D eigenvalue weighted by atomic mass is 9.97. The van der Waals surface area contributed by atoms with Crippen molar-refractivity contribution < 1.29 is 0 Å². The Labute approximate surface area is 447 Å². The molecule has 76 heavy (non-hydrogen) atoms.